The largest absolute Gasteiger partial charge is 0.368 e. The second kappa shape index (κ2) is 10.3. The fourth-order valence-corrected chi connectivity index (χ4v) is 3.53. The second-order valence-corrected chi connectivity index (χ2v) is 6.82. The maximum absolute atomic E-state index is 4.50. The molecule has 0 amide bonds. The van der Waals surface area contributed by atoms with Gasteiger partial charge in [-0.05, 0) is 17.7 Å². The van der Waals surface area contributed by atoms with Crippen molar-refractivity contribution in [1.29, 1.82) is 0 Å². The first-order valence-corrected chi connectivity index (χ1v) is 9.68. The Hall–Kier alpha value is -2.55. The Morgan fingerprint density at radius 1 is 1.00 bits per heavy atom. The molecule has 4 rings (SSSR count). The van der Waals surface area contributed by atoms with E-state index in [1.165, 1.54) is 5.69 Å². The van der Waals surface area contributed by atoms with Crippen molar-refractivity contribution in [2.45, 2.75) is 6.54 Å². The number of aromatic amines is 1. The first-order valence-electron chi connectivity index (χ1n) is 9.68. The molecule has 0 bridgehead atoms. The highest BCUT2D eigenvalue weighted by Gasteiger charge is 2.19. The third-order valence-electron chi connectivity index (χ3n) is 5.04. The van der Waals surface area contributed by atoms with E-state index >= 15 is 0 Å². The molecule has 0 saturated carbocycles. The molecule has 0 unspecified atom stereocenters. The third kappa shape index (κ3) is 5.29. The summed E-state index contributed by atoms with van der Waals surface area (Å²) in [5, 5.41) is 3.44. The number of rotatable bonds is 4. The Morgan fingerprint density at radius 3 is 2.31 bits per heavy atom. The van der Waals surface area contributed by atoms with Gasteiger partial charge in [-0.3, -0.25) is 4.99 Å². The van der Waals surface area contributed by atoms with Gasteiger partial charge in [-0.15, -0.1) is 24.0 Å². The van der Waals surface area contributed by atoms with Gasteiger partial charge in [0, 0.05) is 38.9 Å². The highest BCUT2D eigenvalue weighted by molar-refractivity contribution is 14.0. The zero-order valence-electron chi connectivity index (χ0n) is 16.6. The number of hydrogen-bond donors (Lipinski definition) is 2. The van der Waals surface area contributed by atoms with Crippen LogP contribution in [0.15, 0.2) is 71.9 Å². The van der Waals surface area contributed by atoms with E-state index < -0.39 is 0 Å². The molecule has 0 aliphatic carbocycles. The number of para-hydroxylation sites is 1. The van der Waals surface area contributed by atoms with Crippen LogP contribution in [0.1, 0.15) is 5.82 Å². The van der Waals surface area contributed by atoms with Crippen molar-refractivity contribution in [2.75, 3.05) is 38.1 Å². The summed E-state index contributed by atoms with van der Waals surface area (Å²) >= 11 is 0. The number of benzene rings is 2. The van der Waals surface area contributed by atoms with Crippen molar-refractivity contribution in [2.24, 2.45) is 4.99 Å². The fraction of sp³-hybridized carbons (Fsp3) is 0.273. The van der Waals surface area contributed by atoms with Gasteiger partial charge in [-0.1, -0.05) is 48.5 Å². The van der Waals surface area contributed by atoms with Crippen LogP contribution in [0, 0.1) is 0 Å². The predicted molar refractivity (Wildman–Crippen MR) is 130 cm³/mol. The summed E-state index contributed by atoms with van der Waals surface area (Å²) in [6.07, 6.45) is 1.88. The standard InChI is InChI=1S/C22H26N6.HI/c1-23-22(28-14-12-27(13-15-28)19-10-6-3-7-11-19)25-17-21-24-16-20(26-21)18-8-4-2-5-9-18;/h2-11,16H,12-15,17H2,1H3,(H,23,25)(H,24,26);1H. The number of halogens is 1. The Kier molecular flexibility index (Phi) is 7.51. The van der Waals surface area contributed by atoms with Crippen LogP contribution in [0.4, 0.5) is 5.69 Å². The lowest BCUT2D eigenvalue weighted by Gasteiger charge is -2.37. The Balaban J connectivity index is 0.00000240. The molecule has 2 heterocycles. The number of hydrogen-bond acceptors (Lipinski definition) is 3. The quantitative estimate of drug-likeness (QED) is 0.325. The second-order valence-electron chi connectivity index (χ2n) is 6.82. The number of anilines is 1. The Bertz CT molecular complexity index is 901. The average molecular weight is 502 g/mol. The van der Waals surface area contributed by atoms with E-state index in [2.05, 4.69) is 72.5 Å². The van der Waals surface area contributed by atoms with Crippen LogP contribution in [0.2, 0.25) is 0 Å². The van der Waals surface area contributed by atoms with Crippen LogP contribution in [0.3, 0.4) is 0 Å². The number of aromatic nitrogens is 2. The van der Waals surface area contributed by atoms with Crippen molar-refractivity contribution in [3.63, 3.8) is 0 Å². The minimum atomic E-state index is 0. The lowest BCUT2D eigenvalue weighted by atomic mass is 10.2. The summed E-state index contributed by atoms with van der Waals surface area (Å²) in [6.45, 7) is 4.50. The smallest absolute Gasteiger partial charge is 0.194 e. The zero-order valence-corrected chi connectivity index (χ0v) is 18.9. The zero-order chi connectivity index (χ0) is 19.2. The Labute approximate surface area is 189 Å². The van der Waals surface area contributed by atoms with Gasteiger partial charge in [-0.25, -0.2) is 4.98 Å². The summed E-state index contributed by atoms with van der Waals surface area (Å²) in [6, 6.07) is 20.8. The summed E-state index contributed by atoms with van der Waals surface area (Å²) in [7, 11) is 1.84. The fourth-order valence-electron chi connectivity index (χ4n) is 3.53. The molecule has 1 saturated heterocycles. The summed E-state index contributed by atoms with van der Waals surface area (Å²) < 4.78 is 0. The molecule has 2 N–H and O–H groups in total. The van der Waals surface area contributed by atoms with Gasteiger partial charge in [0.2, 0.25) is 0 Å². The molecule has 0 spiro atoms. The number of aliphatic imine (C=N–C) groups is 1. The first kappa shape index (κ1) is 21.2. The monoisotopic (exact) mass is 502 g/mol. The maximum atomic E-state index is 4.50. The molecule has 1 aromatic heterocycles. The molecule has 152 valence electrons. The number of guanidine groups is 1. The lowest BCUT2D eigenvalue weighted by Crippen LogP contribution is -2.52. The number of imidazole rings is 1. The van der Waals surface area contributed by atoms with Crippen molar-refractivity contribution in [1.82, 2.24) is 20.2 Å². The van der Waals surface area contributed by atoms with E-state index in [9.17, 15) is 0 Å². The van der Waals surface area contributed by atoms with E-state index in [0.717, 1.165) is 49.2 Å². The molecular formula is C22H27IN6. The molecule has 1 fully saturated rings. The number of nitrogens with zero attached hydrogens (tertiary/aromatic N) is 4. The van der Waals surface area contributed by atoms with E-state index in [4.69, 9.17) is 0 Å². The maximum Gasteiger partial charge on any atom is 0.194 e. The number of nitrogens with one attached hydrogen (secondary N) is 2. The SMILES string of the molecule is CN=C(NCc1ncc(-c2ccccc2)[nH]1)N1CCN(c2ccccc2)CC1.I. The van der Waals surface area contributed by atoms with Gasteiger partial charge in [0.05, 0.1) is 18.4 Å². The molecule has 0 radical (unpaired) electrons. The highest BCUT2D eigenvalue weighted by atomic mass is 127. The van der Waals surface area contributed by atoms with Gasteiger partial charge in [0.25, 0.3) is 0 Å². The average Bonchev–Trinajstić information content (AvgIpc) is 3.25. The van der Waals surface area contributed by atoms with Crippen LogP contribution >= 0.6 is 24.0 Å². The van der Waals surface area contributed by atoms with Crippen LogP contribution in [0.5, 0.6) is 0 Å². The van der Waals surface area contributed by atoms with Crippen LogP contribution in [0.25, 0.3) is 11.3 Å². The van der Waals surface area contributed by atoms with Crippen molar-refractivity contribution < 1.29 is 0 Å². The molecule has 2 aromatic carbocycles. The summed E-state index contributed by atoms with van der Waals surface area (Å²) in [4.78, 5) is 17.1. The molecule has 1 aliphatic rings. The molecule has 0 atom stereocenters. The normalized spacial score (nSPS) is 14.4. The minimum Gasteiger partial charge on any atom is -0.368 e. The van der Waals surface area contributed by atoms with Crippen LogP contribution < -0.4 is 10.2 Å². The minimum absolute atomic E-state index is 0. The van der Waals surface area contributed by atoms with Gasteiger partial charge < -0.3 is 20.1 Å². The molecule has 29 heavy (non-hydrogen) atoms. The Morgan fingerprint density at radius 2 is 1.66 bits per heavy atom. The third-order valence-corrected chi connectivity index (χ3v) is 5.04. The van der Waals surface area contributed by atoms with E-state index in [-0.39, 0.29) is 24.0 Å². The molecule has 6 nitrogen and oxygen atoms in total. The lowest BCUT2D eigenvalue weighted by molar-refractivity contribution is 0.372. The summed E-state index contributed by atoms with van der Waals surface area (Å²) in [5.41, 5.74) is 3.46. The molecule has 7 heteroatoms. The predicted octanol–water partition coefficient (Wildman–Crippen LogP) is 3.59. The number of piperazine rings is 1. The molecular weight excluding hydrogens is 475 g/mol. The van der Waals surface area contributed by atoms with Gasteiger partial charge >= 0.3 is 0 Å². The highest BCUT2D eigenvalue weighted by Crippen LogP contribution is 2.17. The van der Waals surface area contributed by atoms with E-state index in [1.54, 1.807) is 0 Å². The van der Waals surface area contributed by atoms with Crippen LogP contribution in [-0.2, 0) is 6.54 Å². The van der Waals surface area contributed by atoms with Crippen molar-refractivity contribution in [3.05, 3.63) is 72.7 Å². The molecule has 3 aromatic rings. The van der Waals surface area contributed by atoms with Crippen molar-refractivity contribution >= 4 is 35.6 Å². The van der Waals surface area contributed by atoms with Crippen LogP contribution in [-0.4, -0.2) is 54.1 Å². The summed E-state index contributed by atoms with van der Waals surface area (Å²) in [5.74, 6) is 1.83. The van der Waals surface area contributed by atoms with Crippen molar-refractivity contribution in [3.8, 4) is 11.3 Å². The first-order chi connectivity index (χ1) is 13.8. The van der Waals surface area contributed by atoms with Gasteiger partial charge in [0.15, 0.2) is 5.96 Å². The van der Waals surface area contributed by atoms with E-state index in [0.29, 0.717) is 6.54 Å². The topological polar surface area (TPSA) is 59.6 Å². The number of H-pyrrole nitrogens is 1. The molecule has 1 aliphatic heterocycles. The van der Waals surface area contributed by atoms with E-state index in [1.807, 2.05) is 31.4 Å². The van der Waals surface area contributed by atoms with Gasteiger partial charge in [0.1, 0.15) is 5.82 Å². The van der Waals surface area contributed by atoms with Gasteiger partial charge in [-0.2, -0.15) is 0 Å².